The third-order valence-electron chi connectivity index (χ3n) is 2.00. The summed E-state index contributed by atoms with van der Waals surface area (Å²) in [4.78, 5) is 12.5. The van der Waals surface area contributed by atoms with Crippen molar-refractivity contribution in [3.05, 3.63) is 21.9 Å². The second-order valence-electron chi connectivity index (χ2n) is 3.03. The van der Waals surface area contributed by atoms with E-state index < -0.39 is 0 Å². The first-order chi connectivity index (χ1) is 6.79. The highest BCUT2D eigenvalue weighted by atomic mass is 32.1. The van der Waals surface area contributed by atoms with Gasteiger partial charge in [-0.3, -0.25) is 4.79 Å². The second-order valence-corrected chi connectivity index (χ2v) is 3.94. The molecule has 1 amide bonds. The number of amides is 1. The molecule has 0 aromatic carbocycles. The lowest BCUT2D eigenvalue weighted by atomic mass is 10.2. The Hall–Kier alpha value is -0.870. The van der Waals surface area contributed by atoms with Crippen LogP contribution in [0, 0.1) is 0 Å². The van der Waals surface area contributed by atoms with E-state index in [2.05, 4.69) is 12.2 Å². The molecule has 0 fully saturated rings. The average Bonchev–Trinajstić information content (AvgIpc) is 2.65. The molecule has 3 nitrogen and oxygen atoms in total. The van der Waals surface area contributed by atoms with Gasteiger partial charge in [0.2, 0.25) is 0 Å². The van der Waals surface area contributed by atoms with E-state index in [1.165, 1.54) is 11.3 Å². The Morgan fingerprint density at radius 2 is 2.43 bits per heavy atom. The molecule has 0 saturated carbocycles. The van der Waals surface area contributed by atoms with Gasteiger partial charge in [-0.2, -0.15) is 0 Å². The number of aryl methyl sites for hydroxylation is 1. The smallest absolute Gasteiger partial charge is 0.261 e. The van der Waals surface area contributed by atoms with Gasteiger partial charge in [0.15, 0.2) is 0 Å². The number of nitrogens with two attached hydrogens (primary N) is 1. The predicted octanol–water partition coefficient (Wildman–Crippen LogP) is 1.39. The van der Waals surface area contributed by atoms with E-state index in [4.69, 9.17) is 5.73 Å². The Morgan fingerprint density at radius 1 is 1.64 bits per heavy atom. The lowest BCUT2D eigenvalue weighted by Crippen LogP contribution is -2.25. The van der Waals surface area contributed by atoms with Crippen molar-refractivity contribution in [1.82, 2.24) is 5.32 Å². The van der Waals surface area contributed by atoms with Gasteiger partial charge < -0.3 is 11.1 Å². The molecule has 0 unspecified atom stereocenters. The second kappa shape index (κ2) is 5.78. The number of rotatable bonds is 5. The van der Waals surface area contributed by atoms with Crippen LogP contribution >= 0.6 is 11.3 Å². The first-order valence-electron chi connectivity index (χ1n) is 4.84. The van der Waals surface area contributed by atoms with Crippen LogP contribution in [0.4, 0.5) is 0 Å². The minimum Gasteiger partial charge on any atom is -0.351 e. The molecule has 3 N–H and O–H groups in total. The van der Waals surface area contributed by atoms with E-state index in [1.807, 2.05) is 11.4 Å². The van der Waals surface area contributed by atoms with Crippen molar-refractivity contribution in [1.29, 1.82) is 0 Å². The van der Waals surface area contributed by atoms with Crippen LogP contribution in [0.2, 0.25) is 0 Å². The van der Waals surface area contributed by atoms with Crippen molar-refractivity contribution in [3.63, 3.8) is 0 Å². The summed E-state index contributed by atoms with van der Waals surface area (Å²) in [7, 11) is 0. The molecule has 0 saturated heterocycles. The van der Waals surface area contributed by atoms with E-state index in [1.54, 1.807) is 0 Å². The lowest BCUT2D eigenvalue weighted by molar-refractivity contribution is 0.0957. The van der Waals surface area contributed by atoms with Crippen molar-refractivity contribution in [2.24, 2.45) is 5.73 Å². The Bertz CT molecular complexity index is 296. The minimum absolute atomic E-state index is 0.0327. The van der Waals surface area contributed by atoms with Crippen molar-refractivity contribution in [3.8, 4) is 0 Å². The van der Waals surface area contributed by atoms with Gasteiger partial charge in [0.05, 0.1) is 4.88 Å². The van der Waals surface area contributed by atoms with E-state index in [0.717, 1.165) is 23.3 Å². The molecule has 1 aromatic rings. The van der Waals surface area contributed by atoms with Gasteiger partial charge in [-0.15, -0.1) is 11.3 Å². The van der Waals surface area contributed by atoms with Gasteiger partial charge in [-0.25, -0.2) is 0 Å². The number of hydrogen-bond acceptors (Lipinski definition) is 3. The topological polar surface area (TPSA) is 55.1 Å². The monoisotopic (exact) mass is 212 g/mol. The van der Waals surface area contributed by atoms with Gasteiger partial charge in [-0.1, -0.05) is 6.92 Å². The largest absolute Gasteiger partial charge is 0.351 e. The molecule has 14 heavy (non-hydrogen) atoms. The van der Waals surface area contributed by atoms with Crippen molar-refractivity contribution in [2.75, 3.05) is 13.1 Å². The van der Waals surface area contributed by atoms with Crippen molar-refractivity contribution < 1.29 is 4.79 Å². The van der Waals surface area contributed by atoms with E-state index in [-0.39, 0.29) is 5.91 Å². The molecular weight excluding hydrogens is 196 g/mol. The summed E-state index contributed by atoms with van der Waals surface area (Å²) in [6.45, 7) is 3.33. The summed E-state index contributed by atoms with van der Waals surface area (Å²) >= 11 is 1.50. The van der Waals surface area contributed by atoms with E-state index in [9.17, 15) is 4.79 Å². The summed E-state index contributed by atoms with van der Waals surface area (Å²) in [5.41, 5.74) is 6.47. The zero-order chi connectivity index (χ0) is 10.4. The fourth-order valence-electron chi connectivity index (χ4n) is 1.20. The minimum atomic E-state index is 0.0327. The van der Waals surface area contributed by atoms with Crippen LogP contribution in [0.1, 0.15) is 28.6 Å². The quantitative estimate of drug-likeness (QED) is 0.725. The average molecular weight is 212 g/mol. The van der Waals surface area contributed by atoms with Crippen molar-refractivity contribution in [2.45, 2.75) is 19.8 Å². The molecule has 0 spiro atoms. The fraction of sp³-hybridized carbons (Fsp3) is 0.500. The predicted molar refractivity (Wildman–Crippen MR) is 59.7 cm³/mol. The van der Waals surface area contributed by atoms with Crippen LogP contribution in [0.15, 0.2) is 11.4 Å². The molecule has 1 rings (SSSR count). The zero-order valence-corrected chi connectivity index (χ0v) is 9.19. The fourth-order valence-corrected chi connectivity index (χ4v) is 2.11. The molecule has 0 bridgehead atoms. The van der Waals surface area contributed by atoms with Gasteiger partial charge in [-0.05, 0) is 36.4 Å². The Labute approximate surface area is 88.3 Å². The molecule has 0 atom stereocenters. The molecule has 0 radical (unpaired) electrons. The maximum atomic E-state index is 11.6. The number of carbonyl (C=O) groups excluding carboxylic acids is 1. The standard InChI is InChI=1S/C10H16N2OS/c1-2-8-4-7-14-9(8)10(13)12-6-3-5-11/h4,7H,2-3,5-6,11H2,1H3,(H,12,13). The van der Waals surface area contributed by atoms with E-state index in [0.29, 0.717) is 13.1 Å². The first-order valence-corrected chi connectivity index (χ1v) is 5.72. The molecule has 4 heteroatoms. The molecule has 0 aliphatic heterocycles. The molecule has 0 aliphatic rings. The van der Waals surface area contributed by atoms with Crippen LogP contribution in [-0.2, 0) is 6.42 Å². The number of nitrogens with one attached hydrogen (secondary N) is 1. The van der Waals surface area contributed by atoms with Crippen LogP contribution in [0.3, 0.4) is 0 Å². The maximum absolute atomic E-state index is 11.6. The summed E-state index contributed by atoms with van der Waals surface area (Å²) in [5.74, 6) is 0.0327. The van der Waals surface area contributed by atoms with E-state index >= 15 is 0 Å². The van der Waals surface area contributed by atoms with Crippen LogP contribution < -0.4 is 11.1 Å². The summed E-state index contributed by atoms with van der Waals surface area (Å²) < 4.78 is 0. The Balaban J connectivity index is 2.51. The van der Waals surface area contributed by atoms with Gasteiger partial charge in [0.25, 0.3) is 5.91 Å². The first kappa shape index (κ1) is 11.2. The van der Waals surface area contributed by atoms with Crippen LogP contribution in [0.25, 0.3) is 0 Å². The molecular formula is C10H16N2OS. The summed E-state index contributed by atoms with van der Waals surface area (Å²) in [6, 6.07) is 2.00. The normalized spacial score (nSPS) is 10.1. The highest BCUT2D eigenvalue weighted by molar-refractivity contribution is 7.12. The maximum Gasteiger partial charge on any atom is 0.261 e. The number of carbonyl (C=O) groups is 1. The molecule has 1 aromatic heterocycles. The molecule has 78 valence electrons. The summed E-state index contributed by atoms with van der Waals surface area (Å²) in [5, 5.41) is 4.81. The highest BCUT2D eigenvalue weighted by Crippen LogP contribution is 2.16. The number of hydrogen-bond donors (Lipinski definition) is 2. The Kier molecular flexibility index (Phi) is 4.62. The SMILES string of the molecule is CCc1ccsc1C(=O)NCCCN. The Morgan fingerprint density at radius 3 is 3.07 bits per heavy atom. The molecule has 1 heterocycles. The third kappa shape index (κ3) is 2.82. The molecule has 0 aliphatic carbocycles. The van der Waals surface area contributed by atoms with Gasteiger partial charge in [0, 0.05) is 6.54 Å². The number of thiophene rings is 1. The van der Waals surface area contributed by atoms with Gasteiger partial charge >= 0.3 is 0 Å². The van der Waals surface area contributed by atoms with Crippen LogP contribution in [-0.4, -0.2) is 19.0 Å². The zero-order valence-electron chi connectivity index (χ0n) is 8.38. The lowest BCUT2D eigenvalue weighted by Gasteiger charge is -2.03. The van der Waals surface area contributed by atoms with Crippen LogP contribution in [0.5, 0.6) is 0 Å². The third-order valence-corrected chi connectivity index (χ3v) is 2.96. The summed E-state index contributed by atoms with van der Waals surface area (Å²) in [6.07, 6.45) is 1.74. The van der Waals surface area contributed by atoms with Crippen molar-refractivity contribution >= 4 is 17.2 Å². The highest BCUT2D eigenvalue weighted by Gasteiger charge is 2.10. The van der Waals surface area contributed by atoms with Gasteiger partial charge in [0.1, 0.15) is 0 Å².